The molecule has 62 valence electrons. The molecule has 2 heteroatoms. The molecule has 0 bridgehead atoms. The van der Waals surface area contributed by atoms with Gasteiger partial charge in [0.2, 0.25) is 0 Å². The molecule has 0 aromatic carbocycles. The van der Waals surface area contributed by atoms with Crippen molar-refractivity contribution in [2.75, 3.05) is 0 Å². The van der Waals surface area contributed by atoms with Crippen LogP contribution in [0.3, 0.4) is 0 Å². The Labute approximate surface area is 66.9 Å². The van der Waals surface area contributed by atoms with Gasteiger partial charge in [-0.3, -0.25) is 4.79 Å². The topological polar surface area (TPSA) is 37.3 Å². The smallest absolute Gasteiger partial charge is 0.197 e. The van der Waals surface area contributed by atoms with E-state index in [1.54, 1.807) is 0 Å². The van der Waals surface area contributed by atoms with Crippen molar-refractivity contribution in [2.45, 2.75) is 33.6 Å². The Morgan fingerprint density at radius 1 is 1.45 bits per heavy atom. The lowest BCUT2D eigenvalue weighted by atomic mass is 9.75. The summed E-state index contributed by atoms with van der Waals surface area (Å²) >= 11 is 0. The Bertz CT molecular complexity index is 224. The van der Waals surface area contributed by atoms with Crippen LogP contribution >= 0.6 is 0 Å². The molecule has 0 amide bonds. The third-order valence-corrected chi connectivity index (χ3v) is 2.61. The third-order valence-electron chi connectivity index (χ3n) is 2.61. The predicted octanol–water partition coefficient (Wildman–Crippen LogP) is 2.21. The molecule has 1 N–H and O–H groups in total. The maximum absolute atomic E-state index is 11.0. The summed E-state index contributed by atoms with van der Waals surface area (Å²) in [6.07, 6.45) is 1.33. The second-order valence-corrected chi connectivity index (χ2v) is 3.78. The molecule has 2 nitrogen and oxygen atoms in total. The van der Waals surface area contributed by atoms with E-state index >= 15 is 0 Å². The summed E-state index contributed by atoms with van der Waals surface area (Å²) in [5, 5.41) is 9.31. The zero-order valence-electron chi connectivity index (χ0n) is 7.27. The number of allylic oxidation sites excluding steroid dienone is 2. The van der Waals surface area contributed by atoms with Crippen molar-refractivity contribution in [1.82, 2.24) is 0 Å². The van der Waals surface area contributed by atoms with E-state index in [1.807, 2.05) is 20.8 Å². The first kappa shape index (κ1) is 8.31. The Kier molecular flexibility index (Phi) is 1.78. The standard InChI is InChI=1S/C9H14O2/c1-6-8(11)7(10)4-5-9(6,2)3/h11H,4-5H2,1-3H3. The van der Waals surface area contributed by atoms with Gasteiger partial charge in [-0.05, 0) is 24.3 Å². The third kappa shape index (κ3) is 1.30. The summed E-state index contributed by atoms with van der Waals surface area (Å²) in [6, 6.07) is 0. The van der Waals surface area contributed by atoms with E-state index in [-0.39, 0.29) is 17.0 Å². The van der Waals surface area contributed by atoms with Crippen LogP contribution < -0.4 is 0 Å². The van der Waals surface area contributed by atoms with E-state index in [1.165, 1.54) is 0 Å². The maximum Gasteiger partial charge on any atom is 0.197 e. The van der Waals surface area contributed by atoms with Crippen LogP contribution in [0.2, 0.25) is 0 Å². The molecular formula is C9H14O2. The molecule has 0 heterocycles. The zero-order valence-corrected chi connectivity index (χ0v) is 7.27. The second kappa shape index (κ2) is 2.36. The van der Waals surface area contributed by atoms with Gasteiger partial charge in [-0.2, -0.15) is 0 Å². The predicted molar refractivity (Wildman–Crippen MR) is 43.4 cm³/mol. The number of hydrogen-bond donors (Lipinski definition) is 1. The highest BCUT2D eigenvalue weighted by Crippen LogP contribution is 2.37. The Hall–Kier alpha value is -0.790. The lowest BCUT2D eigenvalue weighted by Crippen LogP contribution is -2.24. The number of hydrogen-bond acceptors (Lipinski definition) is 2. The number of ketones is 1. The normalized spacial score (nSPS) is 24.1. The molecule has 0 aromatic heterocycles. The molecule has 0 atom stereocenters. The monoisotopic (exact) mass is 154 g/mol. The molecule has 1 rings (SSSR count). The average molecular weight is 154 g/mol. The molecule has 0 fully saturated rings. The number of rotatable bonds is 0. The van der Waals surface area contributed by atoms with E-state index in [9.17, 15) is 9.90 Å². The number of carbonyl (C=O) groups is 1. The van der Waals surface area contributed by atoms with Crippen molar-refractivity contribution in [1.29, 1.82) is 0 Å². The lowest BCUT2D eigenvalue weighted by Gasteiger charge is -2.29. The summed E-state index contributed by atoms with van der Waals surface area (Å²) in [5.41, 5.74) is 0.826. The van der Waals surface area contributed by atoms with E-state index in [4.69, 9.17) is 0 Å². The van der Waals surface area contributed by atoms with Crippen molar-refractivity contribution in [3.8, 4) is 0 Å². The highest BCUT2D eigenvalue weighted by molar-refractivity contribution is 5.94. The fourth-order valence-corrected chi connectivity index (χ4v) is 1.26. The van der Waals surface area contributed by atoms with Gasteiger partial charge in [0.25, 0.3) is 0 Å². The van der Waals surface area contributed by atoms with Crippen LogP contribution in [-0.2, 0) is 4.79 Å². The largest absolute Gasteiger partial charge is 0.504 e. The van der Waals surface area contributed by atoms with Gasteiger partial charge >= 0.3 is 0 Å². The van der Waals surface area contributed by atoms with E-state index in [0.717, 1.165) is 12.0 Å². The van der Waals surface area contributed by atoms with E-state index in [0.29, 0.717) is 6.42 Å². The fourth-order valence-electron chi connectivity index (χ4n) is 1.26. The van der Waals surface area contributed by atoms with Crippen molar-refractivity contribution in [3.05, 3.63) is 11.3 Å². The number of aliphatic hydroxyl groups excluding tert-OH is 1. The van der Waals surface area contributed by atoms with Gasteiger partial charge in [0.05, 0.1) is 0 Å². The van der Waals surface area contributed by atoms with E-state index in [2.05, 4.69) is 0 Å². The Morgan fingerprint density at radius 3 is 2.45 bits per heavy atom. The zero-order chi connectivity index (χ0) is 8.65. The minimum atomic E-state index is -0.109. The van der Waals surface area contributed by atoms with Gasteiger partial charge in [0.1, 0.15) is 0 Å². The maximum atomic E-state index is 11.0. The number of carbonyl (C=O) groups excluding carboxylic acids is 1. The van der Waals surface area contributed by atoms with Gasteiger partial charge < -0.3 is 5.11 Å². The lowest BCUT2D eigenvalue weighted by molar-refractivity contribution is -0.119. The van der Waals surface area contributed by atoms with Crippen molar-refractivity contribution in [2.24, 2.45) is 5.41 Å². The van der Waals surface area contributed by atoms with Gasteiger partial charge in [0.15, 0.2) is 11.5 Å². The minimum Gasteiger partial charge on any atom is -0.504 e. The molecule has 0 aromatic rings. The van der Waals surface area contributed by atoms with Crippen LogP contribution in [-0.4, -0.2) is 10.9 Å². The van der Waals surface area contributed by atoms with Crippen molar-refractivity contribution < 1.29 is 9.90 Å². The molecule has 0 saturated heterocycles. The van der Waals surface area contributed by atoms with E-state index < -0.39 is 0 Å². The van der Waals surface area contributed by atoms with Crippen LogP contribution in [0.5, 0.6) is 0 Å². The summed E-state index contributed by atoms with van der Waals surface area (Å²) in [6.45, 7) is 5.92. The van der Waals surface area contributed by atoms with Gasteiger partial charge in [0, 0.05) is 6.42 Å². The molecule has 0 aliphatic heterocycles. The number of Topliss-reactive ketones (excluding diaryl/α,β-unsaturated/α-hetero) is 1. The molecule has 1 aliphatic rings. The van der Waals surface area contributed by atoms with Gasteiger partial charge in [-0.1, -0.05) is 13.8 Å². The minimum absolute atomic E-state index is 0.00199. The Balaban J connectivity index is 3.07. The fraction of sp³-hybridized carbons (Fsp3) is 0.667. The highest BCUT2D eigenvalue weighted by atomic mass is 16.3. The van der Waals surface area contributed by atoms with Crippen LogP contribution in [0.1, 0.15) is 33.6 Å². The summed E-state index contributed by atoms with van der Waals surface area (Å²) in [5.74, 6) is -0.122. The molecule has 0 spiro atoms. The first-order valence-corrected chi connectivity index (χ1v) is 3.88. The average Bonchev–Trinajstić information content (AvgIpc) is 1.95. The summed E-state index contributed by atoms with van der Waals surface area (Å²) in [7, 11) is 0. The van der Waals surface area contributed by atoms with Crippen molar-refractivity contribution >= 4 is 5.78 Å². The second-order valence-electron chi connectivity index (χ2n) is 3.78. The van der Waals surface area contributed by atoms with Crippen LogP contribution in [0, 0.1) is 5.41 Å². The van der Waals surface area contributed by atoms with Crippen molar-refractivity contribution in [3.63, 3.8) is 0 Å². The summed E-state index contributed by atoms with van der Waals surface area (Å²) < 4.78 is 0. The van der Waals surface area contributed by atoms with Crippen LogP contribution in [0.15, 0.2) is 11.3 Å². The molecular weight excluding hydrogens is 140 g/mol. The SMILES string of the molecule is CC1=C(O)C(=O)CCC1(C)C. The molecule has 1 aliphatic carbocycles. The molecule has 0 radical (unpaired) electrons. The first-order valence-electron chi connectivity index (χ1n) is 3.88. The molecule has 11 heavy (non-hydrogen) atoms. The number of aliphatic hydroxyl groups is 1. The van der Waals surface area contributed by atoms with Gasteiger partial charge in [-0.25, -0.2) is 0 Å². The Morgan fingerprint density at radius 2 is 2.00 bits per heavy atom. The molecule has 0 unspecified atom stereocenters. The van der Waals surface area contributed by atoms with Crippen LogP contribution in [0.4, 0.5) is 0 Å². The highest BCUT2D eigenvalue weighted by Gasteiger charge is 2.31. The van der Waals surface area contributed by atoms with Crippen LogP contribution in [0.25, 0.3) is 0 Å². The summed E-state index contributed by atoms with van der Waals surface area (Å²) in [4.78, 5) is 11.0. The first-order chi connectivity index (χ1) is 4.95. The quantitative estimate of drug-likeness (QED) is 0.580. The molecule has 0 saturated carbocycles. The van der Waals surface area contributed by atoms with Gasteiger partial charge in [-0.15, -0.1) is 0 Å².